The van der Waals surface area contributed by atoms with Gasteiger partial charge in [0.25, 0.3) is 0 Å². The zero-order valence-corrected chi connectivity index (χ0v) is 42.3. The fourth-order valence-electron chi connectivity index (χ4n) is 10.6. The molecule has 4 unspecified atom stereocenters. The normalized spacial score (nSPS) is 21.1. The number of ether oxygens (including phenoxy) is 2. The van der Waals surface area contributed by atoms with E-state index >= 15 is 0 Å². The molecule has 0 aromatic heterocycles. The van der Waals surface area contributed by atoms with Crippen molar-refractivity contribution in [3.8, 4) is 23.0 Å². The Bertz CT molecular complexity index is 2870. The molecule has 0 radical (unpaired) electrons. The maximum absolute atomic E-state index is 14.0. The number of aliphatic hydroxyl groups excluding tert-OH is 4. The molecule has 0 spiro atoms. The van der Waals surface area contributed by atoms with Gasteiger partial charge in [-0.25, -0.2) is 8.78 Å². The van der Waals surface area contributed by atoms with Gasteiger partial charge >= 0.3 is 12.4 Å². The number of rotatable bonds is 16. The second kappa shape index (κ2) is 21.4. The van der Waals surface area contributed by atoms with Crippen LogP contribution in [0.2, 0.25) is 0 Å². The molecule has 4 N–H and O–H groups in total. The molecular formula is C58H56F8O10. The maximum atomic E-state index is 14.0. The van der Waals surface area contributed by atoms with Gasteiger partial charge < -0.3 is 29.9 Å². The molecular weight excluding hydrogens is 1010 g/mol. The lowest BCUT2D eigenvalue weighted by molar-refractivity contribution is -0.139. The number of Topliss-reactive ketones (excluding diaryl/α,β-unsaturated/α-hetero) is 4. The summed E-state index contributed by atoms with van der Waals surface area (Å²) in [5.41, 5.74) is -5.58. The van der Waals surface area contributed by atoms with Crippen LogP contribution in [0.25, 0.3) is 0 Å². The Kier molecular flexibility index (Phi) is 15.9. The van der Waals surface area contributed by atoms with Gasteiger partial charge in [0.1, 0.15) is 68.8 Å². The van der Waals surface area contributed by atoms with Gasteiger partial charge in [0.15, 0.2) is 23.1 Å². The fourth-order valence-corrected chi connectivity index (χ4v) is 10.6. The van der Waals surface area contributed by atoms with Crippen LogP contribution >= 0.6 is 0 Å². The number of allylic oxidation sites excluding steroid dienone is 6. The predicted molar refractivity (Wildman–Crippen MR) is 263 cm³/mol. The average Bonchev–Trinajstić information content (AvgIpc) is 4.35. The van der Waals surface area contributed by atoms with Gasteiger partial charge in [0.05, 0.1) is 22.0 Å². The molecule has 404 valence electrons. The molecule has 0 bridgehead atoms. The Hall–Kier alpha value is -7.24. The van der Waals surface area contributed by atoms with Gasteiger partial charge in [0, 0.05) is 23.0 Å². The van der Waals surface area contributed by atoms with E-state index in [0.29, 0.717) is 0 Å². The molecule has 4 aromatic carbocycles. The Labute approximate surface area is 433 Å². The first kappa shape index (κ1) is 56.5. The van der Waals surface area contributed by atoms with E-state index in [-0.39, 0.29) is 108 Å². The lowest BCUT2D eigenvalue weighted by Gasteiger charge is -2.35. The average molecular weight is 1070 g/mol. The van der Waals surface area contributed by atoms with Gasteiger partial charge in [-0.15, -0.1) is 0 Å². The topological polar surface area (TPSA) is 168 Å². The molecule has 76 heavy (non-hydrogen) atoms. The number of benzene rings is 4. The number of hydrogen-bond donors (Lipinski definition) is 4. The van der Waals surface area contributed by atoms with Crippen LogP contribution < -0.4 is 9.47 Å². The van der Waals surface area contributed by atoms with Crippen LogP contribution in [0.5, 0.6) is 23.0 Å². The molecule has 4 aliphatic rings. The molecule has 0 saturated heterocycles. The van der Waals surface area contributed by atoms with E-state index < -0.39 is 115 Å². The minimum absolute atomic E-state index is 0.0759. The highest BCUT2D eigenvalue weighted by Gasteiger charge is 2.57. The van der Waals surface area contributed by atoms with Crippen molar-refractivity contribution in [2.75, 3.05) is 0 Å². The van der Waals surface area contributed by atoms with Crippen molar-refractivity contribution in [3.05, 3.63) is 164 Å². The van der Waals surface area contributed by atoms with E-state index in [1.54, 1.807) is 41.5 Å². The highest BCUT2D eigenvalue weighted by atomic mass is 19.4. The second-order valence-electron chi connectivity index (χ2n) is 19.3. The van der Waals surface area contributed by atoms with Gasteiger partial charge in [0.2, 0.25) is 0 Å². The number of aliphatic hydroxyl groups is 4. The van der Waals surface area contributed by atoms with E-state index in [0.717, 1.165) is 36.4 Å². The SMILES string of the molecule is CCC1=C(O)C(CC)(CC)C(=O)C(C(=O)C2CC2c2ccc(Oc3ccc(F)cc3)cc2C(F)(F)F)=C1O.CCC1=C(O)C(CC)(CC)C(=O)C(C(=O)C2CC2c2ccc(Oc3ccc(F)cc3)cc2C(F)(F)F)=C1O. The highest BCUT2D eigenvalue weighted by Crippen LogP contribution is 2.57. The summed E-state index contributed by atoms with van der Waals surface area (Å²) in [5.74, 6) is -8.96. The molecule has 0 aliphatic heterocycles. The first-order chi connectivity index (χ1) is 35.8. The standard InChI is InChI=1S/2C29H28F4O5/c2*1-4-18-24(34)23(27(37)28(5-2,6-3)26(18)36)25(35)21-14-20(21)19-12-11-17(13-22(19)29(31,32)33)38-16-9-7-15(30)8-10-16/h2*7-13,20-21,34,36H,4-6,14H2,1-3H3. The van der Waals surface area contributed by atoms with Gasteiger partial charge in [-0.3, -0.25) is 19.2 Å². The summed E-state index contributed by atoms with van der Waals surface area (Å²) < 4.78 is 121. The third-order valence-corrected chi connectivity index (χ3v) is 15.3. The predicted octanol–water partition coefficient (Wildman–Crippen LogP) is 15.5. The molecule has 4 atom stereocenters. The number of hydrogen-bond acceptors (Lipinski definition) is 10. The first-order valence-corrected chi connectivity index (χ1v) is 25.0. The zero-order valence-electron chi connectivity index (χ0n) is 42.3. The number of halogens is 8. The van der Waals surface area contributed by atoms with Crippen LogP contribution in [0.1, 0.15) is 127 Å². The summed E-state index contributed by atoms with van der Waals surface area (Å²) in [7, 11) is 0. The summed E-state index contributed by atoms with van der Waals surface area (Å²) in [6, 6.07) is 16.5. The van der Waals surface area contributed by atoms with Crippen LogP contribution in [-0.2, 0) is 31.5 Å². The Balaban J connectivity index is 0.000000221. The fraction of sp³-hybridized carbons (Fsp3) is 0.379. The first-order valence-electron chi connectivity index (χ1n) is 25.0. The van der Waals surface area contributed by atoms with Crippen molar-refractivity contribution in [1.82, 2.24) is 0 Å². The van der Waals surface area contributed by atoms with E-state index in [1.807, 2.05) is 0 Å². The molecule has 4 aliphatic carbocycles. The lowest BCUT2D eigenvalue weighted by Crippen LogP contribution is -2.40. The Morgan fingerprint density at radius 1 is 0.513 bits per heavy atom. The second-order valence-corrected chi connectivity index (χ2v) is 19.3. The molecule has 2 fully saturated rings. The van der Waals surface area contributed by atoms with Gasteiger partial charge in [-0.05, 0) is 147 Å². The molecule has 2 saturated carbocycles. The minimum Gasteiger partial charge on any atom is -0.511 e. The summed E-state index contributed by atoms with van der Waals surface area (Å²) in [6.45, 7) is 10.1. The van der Waals surface area contributed by atoms with E-state index in [4.69, 9.17) is 9.47 Å². The third-order valence-electron chi connectivity index (χ3n) is 15.3. The lowest BCUT2D eigenvalue weighted by atomic mass is 9.67. The van der Waals surface area contributed by atoms with Crippen molar-refractivity contribution < 1.29 is 84.2 Å². The smallest absolute Gasteiger partial charge is 0.416 e. The molecule has 10 nitrogen and oxygen atoms in total. The van der Waals surface area contributed by atoms with E-state index in [9.17, 15) is 74.7 Å². The van der Waals surface area contributed by atoms with Crippen LogP contribution in [0.15, 0.2) is 130 Å². The monoisotopic (exact) mass is 1060 g/mol. The summed E-state index contributed by atoms with van der Waals surface area (Å²) >= 11 is 0. The van der Waals surface area contributed by atoms with Crippen molar-refractivity contribution in [2.24, 2.45) is 22.7 Å². The van der Waals surface area contributed by atoms with Crippen molar-refractivity contribution in [2.45, 2.75) is 117 Å². The van der Waals surface area contributed by atoms with E-state index in [1.165, 1.54) is 48.5 Å². The van der Waals surface area contributed by atoms with Crippen molar-refractivity contribution in [3.63, 3.8) is 0 Å². The highest BCUT2D eigenvalue weighted by molar-refractivity contribution is 6.26. The Morgan fingerprint density at radius 3 is 1.09 bits per heavy atom. The minimum atomic E-state index is -4.75. The number of carbonyl (C=O) groups excluding carboxylic acids is 4. The Morgan fingerprint density at radius 2 is 0.816 bits per heavy atom. The summed E-state index contributed by atoms with van der Waals surface area (Å²) in [6.07, 6.45) is -8.21. The molecule has 4 aromatic rings. The van der Waals surface area contributed by atoms with Gasteiger partial charge in [-0.2, -0.15) is 26.3 Å². The van der Waals surface area contributed by atoms with Crippen molar-refractivity contribution in [1.29, 1.82) is 0 Å². The molecule has 0 amide bonds. The largest absolute Gasteiger partial charge is 0.511 e. The summed E-state index contributed by atoms with van der Waals surface area (Å²) in [5, 5.41) is 43.1. The molecule has 18 heteroatoms. The quantitative estimate of drug-likeness (QED) is 0.0626. The number of alkyl halides is 6. The van der Waals surface area contributed by atoms with Gasteiger partial charge in [-0.1, -0.05) is 53.7 Å². The third kappa shape index (κ3) is 10.4. The van der Waals surface area contributed by atoms with Crippen molar-refractivity contribution >= 4 is 23.1 Å². The van der Waals surface area contributed by atoms with E-state index in [2.05, 4.69) is 0 Å². The van der Waals surface area contributed by atoms with Crippen LogP contribution in [0, 0.1) is 34.3 Å². The summed E-state index contributed by atoms with van der Waals surface area (Å²) in [4.78, 5) is 53.8. The molecule has 8 rings (SSSR count). The maximum Gasteiger partial charge on any atom is 0.416 e. The number of carbonyl (C=O) groups is 4. The molecule has 0 heterocycles. The van der Waals surface area contributed by atoms with Crippen LogP contribution in [-0.4, -0.2) is 43.6 Å². The number of ketones is 4. The van der Waals surface area contributed by atoms with Crippen LogP contribution in [0.3, 0.4) is 0 Å². The zero-order chi connectivity index (χ0) is 56.0. The van der Waals surface area contributed by atoms with Crippen LogP contribution in [0.4, 0.5) is 35.1 Å².